The van der Waals surface area contributed by atoms with Crippen molar-refractivity contribution in [3.8, 4) is 0 Å². The molecule has 0 aromatic carbocycles. The van der Waals surface area contributed by atoms with Gasteiger partial charge in [0.15, 0.2) is 0 Å². The molecule has 0 unspecified atom stereocenters. The maximum absolute atomic E-state index is 13.3. The molecule has 4 aliphatic rings. The predicted molar refractivity (Wildman–Crippen MR) is 132 cm³/mol. The number of amides is 1. The number of aromatic nitrogens is 2. The molecule has 1 amide bonds. The van der Waals surface area contributed by atoms with Crippen LogP contribution < -0.4 is 5.73 Å². The smallest absolute Gasteiger partial charge is 0.239 e. The summed E-state index contributed by atoms with van der Waals surface area (Å²) in [5.74, 6) is 2.30. The minimum absolute atomic E-state index is 0. The van der Waals surface area contributed by atoms with Crippen LogP contribution in [-0.4, -0.2) is 63.4 Å². The minimum Gasteiger partial charge on any atom is -0.348 e. The summed E-state index contributed by atoms with van der Waals surface area (Å²) >= 11 is 0. The lowest BCUT2D eigenvalue weighted by Crippen LogP contribution is -2.65. The Hall–Kier alpha value is -0.820. The highest BCUT2D eigenvalue weighted by molar-refractivity contribution is 5.85. The SMILES string of the molecule is Cl.Cl.N[C@@H](Cc1cnc[nH]1)C(=O)N1C[C@H]2C[C@@H](C1)[C@H](CC1CCCCC1)N1CCCC[C@@H]21. The Kier molecular flexibility index (Phi) is 9.31. The number of piperidine rings is 3. The zero-order chi connectivity index (χ0) is 20.5. The third-order valence-corrected chi connectivity index (χ3v) is 8.54. The lowest BCUT2D eigenvalue weighted by Gasteiger charge is -2.57. The van der Waals surface area contributed by atoms with Gasteiger partial charge in [0.2, 0.25) is 5.91 Å². The van der Waals surface area contributed by atoms with Crippen LogP contribution in [0.3, 0.4) is 0 Å². The Balaban J connectivity index is 0.00000144. The number of carbonyl (C=O) groups is 1. The number of H-pyrrole nitrogens is 1. The van der Waals surface area contributed by atoms with Gasteiger partial charge in [-0.3, -0.25) is 9.69 Å². The number of nitrogens with one attached hydrogen (secondary N) is 1. The molecule has 3 saturated heterocycles. The Labute approximate surface area is 205 Å². The van der Waals surface area contributed by atoms with Crippen LogP contribution in [0.15, 0.2) is 12.5 Å². The number of aromatic amines is 1. The van der Waals surface area contributed by atoms with Crippen molar-refractivity contribution >= 4 is 30.7 Å². The number of carbonyl (C=O) groups excluding carboxylic acids is 1. The van der Waals surface area contributed by atoms with Crippen LogP contribution >= 0.6 is 24.8 Å². The highest BCUT2D eigenvalue weighted by Crippen LogP contribution is 2.44. The number of fused-ring (bicyclic) bond motifs is 4. The second-order valence-electron chi connectivity index (χ2n) is 10.5. The Morgan fingerprint density at radius 2 is 1.84 bits per heavy atom. The standard InChI is InChI=1S/C24H39N5O.2ClH/c25-21(12-20-13-26-16-27-20)24(30)28-14-18-11-19(15-28)23(10-17-6-2-1-3-7-17)29-9-5-4-8-22(18)29;;/h13,16-19,21-23H,1-12,14-15,25H2,(H,26,27);2*1H/t18-,19+,21+,22+,23+;;/m1../s1. The van der Waals surface area contributed by atoms with Crippen molar-refractivity contribution in [3.05, 3.63) is 18.2 Å². The van der Waals surface area contributed by atoms with E-state index < -0.39 is 6.04 Å². The molecule has 0 spiro atoms. The molecule has 4 heterocycles. The number of nitrogens with two attached hydrogens (primary N) is 1. The molecule has 1 aliphatic carbocycles. The highest BCUT2D eigenvalue weighted by Gasteiger charge is 2.48. The summed E-state index contributed by atoms with van der Waals surface area (Å²) in [6.07, 6.45) is 17.8. The van der Waals surface area contributed by atoms with Crippen LogP contribution in [0, 0.1) is 17.8 Å². The van der Waals surface area contributed by atoms with Crippen molar-refractivity contribution in [2.75, 3.05) is 19.6 Å². The molecule has 0 radical (unpaired) electrons. The number of hydrogen-bond donors (Lipinski definition) is 2. The first-order chi connectivity index (χ1) is 14.7. The van der Waals surface area contributed by atoms with E-state index in [1.54, 1.807) is 12.5 Å². The molecule has 3 aliphatic heterocycles. The highest BCUT2D eigenvalue weighted by atomic mass is 35.5. The van der Waals surface area contributed by atoms with Gasteiger partial charge in [-0.1, -0.05) is 38.5 Å². The second kappa shape index (κ2) is 11.5. The topological polar surface area (TPSA) is 78.2 Å². The van der Waals surface area contributed by atoms with Gasteiger partial charge in [0.1, 0.15) is 0 Å². The Bertz CT molecular complexity index is 711. The van der Waals surface area contributed by atoms with E-state index in [1.807, 2.05) is 0 Å². The zero-order valence-corrected chi connectivity index (χ0v) is 20.8. The molecule has 32 heavy (non-hydrogen) atoms. The third kappa shape index (κ3) is 5.45. The Morgan fingerprint density at radius 3 is 2.59 bits per heavy atom. The second-order valence-corrected chi connectivity index (χ2v) is 10.5. The van der Waals surface area contributed by atoms with E-state index in [0.717, 1.165) is 24.7 Å². The van der Waals surface area contributed by atoms with Crippen LogP contribution in [0.4, 0.5) is 0 Å². The number of hydrogen-bond acceptors (Lipinski definition) is 4. The Morgan fingerprint density at radius 1 is 1.09 bits per heavy atom. The largest absolute Gasteiger partial charge is 0.348 e. The molecular weight excluding hydrogens is 445 g/mol. The maximum atomic E-state index is 13.3. The molecule has 3 N–H and O–H groups in total. The molecule has 1 aromatic rings. The molecule has 1 aromatic heterocycles. The first-order valence-corrected chi connectivity index (χ1v) is 12.5. The fourth-order valence-corrected chi connectivity index (χ4v) is 7.13. The minimum atomic E-state index is -0.469. The van der Waals surface area contributed by atoms with Gasteiger partial charge in [0.05, 0.1) is 12.4 Å². The van der Waals surface area contributed by atoms with Crippen LogP contribution in [0.2, 0.25) is 0 Å². The zero-order valence-electron chi connectivity index (χ0n) is 19.2. The molecule has 2 bridgehead atoms. The molecular formula is C24H41Cl2N5O. The average Bonchev–Trinajstić information content (AvgIpc) is 3.30. The molecule has 5 rings (SSSR count). The summed E-state index contributed by atoms with van der Waals surface area (Å²) < 4.78 is 0. The molecule has 5 atom stereocenters. The van der Waals surface area contributed by atoms with Crippen LogP contribution in [0.5, 0.6) is 0 Å². The number of likely N-dealkylation sites (tertiary alicyclic amines) is 1. The van der Waals surface area contributed by atoms with Gasteiger partial charge in [-0.25, -0.2) is 4.98 Å². The van der Waals surface area contributed by atoms with E-state index in [4.69, 9.17) is 5.73 Å². The third-order valence-electron chi connectivity index (χ3n) is 8.54. The molecule has 4 fully saturated rings. The summed E-state index contributed by atoms with van der Waals surface area (Å²) in [6, 6.07) is 0.889. The fraction of sp³-hybridized carbons (Fsp3) is 0.833. The van der Waals surface area contributed by atoms with Crippen LogP contribution in [-0.2, 0) is 11.2 Å². The van der Waals surface area contributed by atoms with Crippen molar-refractivity contribution in [1.82, 2.24) is 19.8 Å². The van der Waals surface area contributed by atoms with Gasteiger partial charge in [-0.15, -0.1) is 24.8 Å². The van der Waals surface area contributed by atoms with E-state index in [2.05, 4.69) is 19.8 Å². The monoisotopic (exact) mass is 485 g/mol. The summed E-state index contributed by atoms with van der Waals surface area (Å²) in [5, 5.41) is 0. The van der Waals surface area contributed by atoms with E-state index in [1.165, 1.54) is 70.8 Å². The fourth-order valence-electron chi connectivity index (χ4n) is 7.13. The van der Waals surface area contributed by atoms with E-state index in [9.17, 15) is 4.79 Å². The van der Waals surface area contributed by atoms with Crippen molar-refractivity contribution in [3.63, 3.8) is 0 Å². The van der Waals surface area contributed by atoms with Crippen molar-refractivity contribution in [1.29, 1.82) is 0 Å². The average molecular weight is 487 g/mol. The van der Waals surface area contributed by atoms with Crippen LogP contribution in [0.1, 0.15) is 69.9 Å². The van der Waals surface area contributed by atoms with E-state index >= 15 is 0 Å². The first kappa shape index (κ1) is 25.8. The van der Waals surface area contributed by atoms with Gasteiger partial charge >= 0.3 is 0 Å². The van der Waals surface area contributed by atoms with Crippen molar-refractivity contribution in [2.24, 2.45) is 23.5 Å². The van der Waals surface area contributed by atoms with E-state index in [-0.39, 0.29) is 30.7 Å². The maximum Gasteiger partial charge on any atom is 0.239 e. The normalized spacial score (nSPS) is 31.7. The van der Waals surface area contributed by atoms with Crippen molar-refractivity contribution in [2.45, 2.75) is 88.8 Å². The van der Waals surface area contributed by atoms with Gasteiger partial charge in [0, 0.05) is 43.5 Å². The molecule has 182 valence electrons. The summed E-state index contributed by atoms with van der Waals surface area (Å²) in [5.41, 5.74) is 7.30. The predicted octanol–water partition coefficient (Wildman–Crippen LogP) is 3.79. The summed E-state index contributed by atoms with van der Waals surface area (Å²) in [7, 11) is 0. The van der Waals surface area contributed by atoms with Gasteiger partial charge in [-0.2, -0.15) is 0 Å². The van der Waals surface area contributed by atoms with Gasteiger partial charge < -0.3 is 15.6 Å². The molecule has 6 nitrogen and oxygen atoms in total. The van der Waals surface area contributed by atoms with Gasteiger partial charge in [0.25, 0.3) is 0 Å². The van der Waals surface area contributed by atoms with E-state index in [0.29, 0.717) is 30.3 Å². The number of imidazole rings is 1. The lowest BCUT2D eigenvalue weighted by atomic mass is 9.69. The summed E-state index contributed by atoms with van der Waals surface area (Å²) in [4.78, 5) is 25.5. The van der Waals surface area contributed by atoms with Gasteiger partial charge in [-0.05, 0) is 50.0 Å². The van der Waals surface area contributed by atoms with Crippen LogP contribution in [0.25, 0.3) is 0 Å². The quantitative estimate of drug-likeness (QED) is 0.664. The van der Waals surface area contributed by atoms with Crippen molar-refractivity contribution < 1.29 is 4.79 Å². The summed E-state index contributed by atoms with van der Waals surface area (Å²) in [6.45, 7) is 3.10. The first-order valence-electron chi connectivity index (χ1n) is 12.5. The number of halogens is 2. The molecule has 1 saturated carbocycles. The number of rotatable bonds is 5. The number of nitrogens with zero attached hydrogens (tertiary/aromatic N) is 3. The molecule has 8 heteroatoms. The lowest BCUT2D eigenvalue weighted by molar-refractivity contribution is -0.142.